The molecular formula is C13H15F3N2. The van der Waals surface area contributed by atoms with E-state index in [1.165, 1.54) is 4.52 Å². The van der Waals surface area contributed by atoms with Crippen LogP contribution in [0.3, 0.4) is 0 Å². The smallest absolute Gasteiger partial charge is 0.237 e. The normalized spacial score (nSPS) is 12.3. The minimum absolute atomic E-state index is 0.573. The third-order valence-electron chi connectivity index (χ3n) is 2.96. The zero-order valence-corrected chi connectivity index (χ0v) is 10.4. The van der Waals surface area contributed by atoms with E-state index in [4.69, 9.17) is 0 Å². The molecule has 0 fully saturated rings. The molecule has 0 aliphatic rings. The number of alkyl halides is 3. The van der Waals surface area contributed by atoms with Gasteiger partial charge in [0, 0.05) is 5.69 Å². The molecular weight excluding hydrogens is 241 g/mol. The standard InChI is InChI=1S/C13H15F3N2/c1-3-5-9-6-7-10(4-2)18-11(9)8-12(17-18)13(14,15)16/h6-8H,3-5H2,1-2H3. The number of fused-ring (bicyclic) bond motifs is 1. The molecule has 0 unspecified atom stereocenters. The molecule has 0 bridgehead atoms. The Morgan fingerprint density at radius 1 is 1.22 bits per heavy atom. The highest BCUT2D eigenvalue weighted by Crippen LogP contribution is 2.30. The first kappa shape index (κ1) is 12.9. The number of rotatable bonds is 3. The summed E-state index contributed by atoms with van der Waals surface area (Å²) >= 11 is 0. The summed E-state index contributed by atoms with van der Waals surface area (Å²) in [7, 11) is 0. The number of hydrogen-bond donors (Lipinski definition) is 0. The van der Waals surface area contributed by atoms with Gasteiger partial charge in [-0.05, 0) is 30.5 Å². The van der Waals surface area contributed by atoms with E-state index in [1.807, 2.05) is 26.0 Å². The Morgan fingerprint density at radius 3 is 2.50 bits per heavy atom. The zero-order chi connectivity index (χ0) is 13.3. The first-order chi connectivity index (χ1) is 8.47. The topological polar surface area (TPSA) is 17.3 Å². The highest BCUT2D eigenvalue weighted by atomic mass is 19.4. The van der Waals surface area contributed by atoms with E-state index in [-0.39, 0.29) is 0 Å². The van der Waals surface area contributed by atoms with Crippen LogP contribution < -0.4 is 0 Å². The number of pyridine rings is 1. The fourth-order valence-corrected chi connectivity index (χ4v) is 2.07. The summed E-state index contributed by atoms with van der Waals surface area (Å²) in [5.41, 5.74) is 1.46. The predicted octanol–water partition coefficient (Wildman–Crippen LogP) is 3.87. The van der Waals surface area contributed by atoms with Crippen LogP contribution in [-0.4, -0.2) is 9.61 Å². The molecule has 0 saturated carbocycles. The predicted molar refractivity (Wildman–Crippen MR) is 63.6 cm³/mol. The van der Waals surface area contributed by atoms with E-state index >= 15 is 0 Å². The van der Waals surface area contributed by atoms with Crippen LogP contribution in [0, 0.1) is 0 Å². The summed E-state index contributed by atoms with van der Waals surface area (Å²) < 4.78 is 39.5. The van der Waals surface area contributed by atoms with Crippen molar-refractivity contribution in [3.8, 4) is 0 Å². The third-order valence-corrected chi connectivity index (χ3v) is 2.96. The van der Waals surface area contributed by atoms with Crippen LogP contribution in [0.25, 0.3) is 5.52 Å². The summed E-state index contributed by atoms with van der Waals surface area (Å²) in [6.45, 7) is 3.91. The van der Waals surface area contributed by atoms with Gasteiger partial charge in [0.25, 0.3) is 0 Å². The third kappa shape index (κ3) is 2.21. The lowest BCUT2D eigenvalue weighted by molar-refractivity contribution is -0.141. The fourth-order valence-electron chi connectivity index (χ4n) is 2.07. The van der Waals surface area contributed by atoms with Crippen LogP contribution in [0.1, 0.15) is 37.2 Å². The van der Waals surface area contributed by atoms with Gasteiger partial charge >= 0.3 is 6.18 Å². The average molecular weight is 256 g/mol. The highest BCUT2D eigenvalue weighted by molar-refractivity contribution is 5.56. The second-order valence-corrected chi connectivity index (χ2v) is 4.28. The summed E-state index contributed by atoms with van der Waals surface area (Å²) in [6, 6.07) is 4.90. The van der Waals surface area contributed by atoms with Crippen LogP contribution in [0.5, 0.6) is 0 Å². The van der Waals surface area contributed by atoms with Crippen LogP contribution in [0.15, 0.2) is 18.2 Å². The molecule has 5 heteroatoms. The van der Waals surface area contributed by atoms with Gasteiger partial charge < -0.3 is 0 Å². The van der Waals surface area contributed by atoms with Gasteiger partial charge in [0.2, 0.25) is 0 Å². The molecule has 0 spiro atoms. The molecule has 98 valence electrons. The SMILES string of the molecule is CCCc1ccc(CC)n2nc(C(F)(F)F)cc12. The molecule has 0 radical (unpaired) electrons. The molecule has 2 rings (SSSR count). The molecule has 2 heterocycles. The van der Waals surface area contributed by atoms with Gasteiger partial charge in [0.1, 0.15) is 0 Å². The Hall–Kier alpha value is -1.52. The molecule has 2 nitrogen and oxygen atoms in total. The summed E-state index contributed by atoms with van der Waals surface area (Å²) in [5.74, 6) is 0. The quantitative estimate of drug-likeness (QED) is 0.814. The Kier molecular flexibility index (Phi) is 3.32. The molecule has 0 aromatic carbocycles. The molecule has 0 amide bonds. The van der Waals surface area contributed by atoms with Crippen molar-refractivity contribution in [3.63, 3.8) is 0 Å². The van der Waals surface area contributed by atoms with Crippen LogP contribution in [-0.2, 0) is 19.0 Å². The molecule has 2 aromatic heterocycles. The molecule has 18 heavy (non-hydrogen) atoms. The number of aromatic nitrogens is 2. The average Bonchev–Trinajstić information content (AvgIpc) is 2.74. The van der Waals surface area contributed by atoms with Gasteiger partial charge in [-0.15, -0.1) is 0 Å². The molecule has 0 N–H and O–H groups in total. The number of nitrogens with zero attached hydrogens (tertiary/aromatic N) is 2. The van der Waals surface area contributed by atoms with Gasteiger partial charge in [-0.3, -0.25) is 0 Å². The summed E-state index contributed by atoms with van der Waals surface area (Å²) in [5, 5.41) is 3.69. The van der Waals surface area contributed by atoms with Crippen LogP contribution >= 0.6 is 0 Å². The number of hydrogen-bond acceptors (Lipinski definition) is 1. The molecule has 2 aromatic rings. The van der Waals surface area contributed by atoms with E-state index in [9.17, 15) is 13.2 Å². The second kappa shape index (κ2) is 4.63. The van der Waals surface area contributed by atoms with Crippen LogP contribution in [0.2, 0.25) is 0 Å². The minimum Gasteiger partial charge on any atom is -0.237 e. The van der Waals surface area contributed by atoms with Gasteiger partial charge in [0.05, 0.1) is 5.52 Å². The lowest BCUT2D eigenvalue weighted by Crippen LogP contribution is -2.06. The Morgan fingerprint density at radius 2 is 1.94 bits per heavy atom. The molecule has 0 aliphatic heterocycles. The van der Waals surface area contributed by atoms with Crippen molar-refractivity contribution in [1.29, 1.82) is 0 Å². The van der Waals surface area contributed by atoms with Crippen molar-refractivity contribution >= 4 is 5.52 Å². The summed E-state index contributed by atoms with van der Waals surface area (Å²) in [4.78, 5) is 0. The number of halogens is 3. The van der Waals surface area contributed by atoms with Gasteiger partial charge in [-0.1, -0.05) is 26.3 Å². The maximum Gasteiger partial charge on any atom is 0.435 e. The second-order valence-electron chi connectivity index (χ2n) is 4.28. The Balaban J connectivity index is 2.66. The van der Waals surface area contributed by atoms with Crippen molar-refractivity contribution in [2.24, 2.45) is 0 Å². The lowest BCUT2D eigenvalue weighted by Gasteiger charge is -2.06. The maximum atomic E-state index is 12.7. The first-order valence-corrected chi connectivity index (χ1v) is 6.05. The van der Waals surface area contributed by atoms with Gasteiger partial charge in [0.15, 0.2) is 5.69 Å². The zero-order valence-electron chi connectivity index (χ0n) is 10.4. The minimum atomic E-state index is -4.39. The van der Waals surface area contributed by atoms with Crippen molar-refractivity contribution < 1.29 is 13.2 Å². The van der Waals surface area contributed by atoms with Gasteiger partial charge in [-0.25, -0.2) is 4.52 Å². The maximum absolute atomic E-state index is 12.7. The molecule has 0 atom stereocenters. The van der Waals surface area contributed by atoms with E-state index in [1.54, 1.807) is 0 Å². The Bertz CT molecular complexity index is 555. The Labute approximate surface area is 103 Å². The van der Waals surface area contributed by atoms with E-state index in [0.29, 0.717) is 11.9 Å². The van der Waals surface area contributed by atoms with Gasteiger partial charge in [-0.2, -0.15) is 18.3 Å². The molecule has 0 saturated heterocycles. The van der Waals surface area contributed by atoms with Crippen molar-refractivity contribution in [2.75, 3.05) is 0 Å². The highest BCUT2D eigenvalue weighted by Gasteiger charge is 2.34. The van der Waals surface area contributed by atoms with Crippen LogP contribution in [0.4, 0.5) is 13.2 Å². The van der Waals surface area contributed by atoms with E-state index in [2.05, 4.69) is 5.10 Å². The fraction of sp³-hybridized carbons (Fsp3) is 0.462. The van der Waals surface area contributed by atoms with E-state index < -0.39 is 11.9 Å². The first-order valence-electron chi connectivity index (χ1n) is 6.05. The summed E-state index contributed by atoms with van der Waals surface area (Å²) in [6.07, 6.45) is -2.08. The van der Waals surface area contributed by atoms with Crippen molar-refractivity contribution in [1.82, 2.24) is 9.61 Å². The van der Waals surface area contributed by atoms with Crippen molar-refractivity contribution in [2.45, 2.75) is 39.3 Å². The van der Waals surface area contributed by atoms with Crippen molar-refractivity contribution in [3.05, 3.63) is 35.2 Å². The lowest BCUT2D eigenvalue weighted by atomic mass is 10.1. The van der Waals surface area contributed by atoms with E-state index in [0.717, 1.165) is 30.2 Å². The molecule has 0 aliphatic carbocycles. The number of aryl methyl sites for hydroxylation is 2. The monoisotopic (exact) mass is 256 g/mol. The largest absolute Gasteiger partial charge is 0.435 e.